The second-order valence-corrected chi connectivity index (χ2v) is 3.56. The van der Waals surface area contributed by atoms with Gasteiger partial charge in [-0.25, -0.2) is 0 Å². The van der Waals surface area contributed by atoms with Gasteiger partial charge in [0.15, 0.2) is 0 Å². The van der Waals surface area contributed by atoms with Crippen LogP contribution in [0.5, 0.6) is 11.5 Å². The molecule has 0 unspecified atom stereocenters. The summed E-state index contributed by atoms with van der Waals surface area (Å²) >= 11 is 0. The van der Waals surface area contributed by atoms with Crippen molar-refractivity contribution in [3.8, 4) is 11.5 Å². The van der Waals surface area contributed by atoms with Gasteiger partial charge in [0.1, 0.15) is 11.5 Å². The Morgan fingerprint density at radius 1 is 1.18 bits per heavy atom. The quantitative estimate of drug-likeness (QED) is 0.840. The largest absolute Gasteiger partial charge is 0.455 e. The Morgan fingerprint density at radius 3 is 2.65 bits per heavy atom. The van der Waals surface area contributed by atoms with Crippen molar-refractivity contribution in [1.82, 2.24) is 4.98 Å². The van der Waals surface area contributed by atoms with E-state index in [1.807, 2.05) is 36.4 Å². The summed E-state index contributed by atoms with van der Waals surface area (Å²) in [5.41, 5.74) is 7.02. The van der Waals surface area contributed by atoms with Crippen LogP contribution >= 0.6 is 0 Å². The lowest BCUT2D eigenvalue weighted by Crippen LogP contribution is -1.99. The van der Waals surface area contributed by atoms with Crippen molar-refractivity contribution in [1.29, 1.82) is 0 Å². The van der Waals surface area contributed by atoms with Crippen molar-refractivity contribution in [2.45, 2.75) is 13.2 Å². The lowest BCUT2D eigenvalue weighted by Gasteiger charge is -2.09. The molecule has 4 heteroatoms. The van der Waals surface area contributed by atoms with Crippen LogP contribution in [0.2, 0.25) is 0 Å². The van der Waals surface area contributed by atoms with Gasteiger partial charge in [-0.3, -0.25) is 4.98 Å². The number of hydrogen-bond acceptors (Lipinski definition) is 4. The van der Waals surface area contributed by atoms with Gasteiger partial charge in [-0.05, 0) is 18.2 Å². The number of aliphatic hydroxyl groups is 1. The maximum Gasteiger partial charge on any atom is 0.145 e. The third-order valence-electron chi connectivity index (χ3n) is 2.38. The van der Waals surface area contributed by atoms with Gasteiger partial charge >= 0.3 is 0 Å². The lowest BCUT2D eigenvalue weighted by molar-refractivity contribution is 0.276. The first-order valence-electron chi connectivity index (χ1n) is 5.35. The normalized spacial score (nSPS) is 10.2. The Labute approximate surface area is 99.7 Å². The molecular formula is C13H14N2O2. The molecule has 88 valence electrons. The molecule has 1 aromatic heterocycles. The molecule has 0 atom stereocenters. The zero-order chi connectivity index (χ0) is 12.1. The summed E-state index contributed by atoms with van der Waals surface area (Å²) in [6.45, 7) is 0.359. The number of rotatable bonds is 4. The first kappa shape index (κ1) is 11.6. The van der Waals surface area contributed by atoms with E-state index in [0.29, 0.717) is 18.0 Å². The third-order valence-corrected chi connectivity index (χ3v) is 2.38. The first-order chi connectivity index (χ1) is 8.33. The highest BCUT2D eigenvalue weighted by Gasteiger charge is 2.03. The van der Waals surface area contributed by atoms with E-state index in [-0.39, 0.29) is 6.61 Å². The van der Waals surface area contributed by atoms with Gasteiger partial charge in [-0.1, -0.05) is 18.2 Å². The van der Waals surface area contributed by atoms with Gasteiger partial charge in [0, 0.05) is 12.1 Å². The van der Waals surface area contributed by atoms with Crippen molar-refractivity contribution in [2.75, 3.05) is 0 Å². The van der Waals surface area contributed by atoms with Crippen LogP contribution in [-0.2, 0) is 13.2 Å². The molecule has 3 N–H and O–H groups in total. The minimum absolute atomic E-state index is 0.0511. The van der Waals surface area contributed by atoms with Crippen LogP contribution in [0.3, 0.4) is 0 Å². The van der Waals surface area contributed by atoms with Crippen molar-refractivity contribution in [3.63, 3.8) is 0 Å². The number of hydrogen-bond donors (Lipinski definition) is 2. The molecule has 0 aliphatic rings. The second kappa shape index (κ2) is 5.43. The van der Waals surface area contributed by atoms with Crippen molar-refractivity contribution < 1.29 is 9.84 Å². The molecule has 0 fully saturated rings. The van der Waals surface area contributed by atoms with E-state index >= 15 is 0 Å². The van der Waals surface area contributed by atoms with E-state index in [0.717, 1.165) is 11.3 Å². The highest BCUT2D eigenvalue weighted by molar-refractivity contribution is 5.36. The molecule has 4 nitrogen and oxygen atoms in total. The van der Waals surface area contributed by atoms with E-state index in [9.17, 15) is 0 Å². The van der Waals surface area contributed by atoms with Gasteiger partial charge in [-0.15, -0.1) is 0 Å². The fourth-order valence-corrected chi connectivity index (χ4v) is 1.45. The maximum atomic E-state index is 9.17. The molecule has 0 aliphatic heterocycles. The van der Waals surface area contributed by atoms with Gasteiger partial charge in [0.05, 0.1) is 18.5 Å². The van der Waals surface area contributed by atoms with Crippen LogP contribution in [-0.4, -0.2) is 10.1 Å². The van der Waals surface area contributed by atoms with Crippen LogP contribution < -0.4 is 10.5 Å². The number of ether oxygens (including phenoxy) is 1. The Morgan fingerprint density at radius 2 is 2.00 bits per heavy atom. The highest BCUT2D eigenvalue weighted by Crippen LogP contribution is 2.24. The molecule has 17 heavy (non-hydrogen) atoms. The molecule has 0 saturated carbocycles. The monoisotopic (exact) mass is 230 g/mol. The molecular weight excluding hydrogens is 216 g/mol. The zero-order valence-electron chi connectivity index (χ0n) is 9.34. The third kappa shape index (κ3) is 2.81. The number of pyridine rings is 1. The number of aliphatic hydroxyl groups excluding tert-OH is 1. The number of aromatic nitrogens is 1. The summed E-state index contributed by atoms with van der Waals surface area (Å²) in [5.74, 6) is 1.26. The molecule has 2 rings (SSSR count). The molecule has 0 aliphatic carbocycles. The molecule has 0 spiro atoms. The SMILES string of the molecule is NCc1ccc(Oc2ccccc2CO)cn1. The standard InChI is InChI=1S/C13H14N2O2/c14-7-11-5-6-12(8-15-11)17-13-4-2-1-3-10(13)9-16/h1-6,8,16H,7,9,14H2. The van der Waals surface area contributed by atoms with Gasteiger partial charge < -0.3 is 15.6 Å². The summed E-state index contributed by atoms with van der Waals surface area (Å²) in [4.78, 5) is 4.14. The fourth-order valence-electron chi connectivity index (χ4n) is 1.45. The molecule has 0 radical (unpaired) electrons. The number of nitrogens with two attached hydrogens (primary N) is 1. The summed E-state index contributed by atoms with van der Waals surface area (Å²) in [5, 5.41) is 9.17. The first-order valence-corrected chi connectivity index (χ1v) is 5.35. The van der Waals surface area contributed by atoms with Crippen LogP contribution in [0.15, 0.2) is 42.6 Å². The minimum atomic E-state index is -0.0511. The Kier molecular flexibility index (Phi) is 3.69. The predicted octanol–water partition coefficient (Wildman–Crippen LogP) is 1.82. The molecule has 2 aromatic rings. The van der Waals surface area contributed by atoms with E-state index in [2.05, 4.69) is 4.98 Å². The molecule has 0 saturated heterocycles. The van der Waals surface area contributed by atoms with E-state index in [1.54, 1.807) is 6.20 Å². The summed E-state index contributed by atoms with van der Waals surface area (Å²) in [6.07, 6.45) is 1.62. The summed E-state index contributed by atoms with van der Waals surface area (Å²) < 4.78 is 5.64. The molecule has 1 aromatic carbocycles. The predicted molar refractivity (Wildman–Crippen MR) is 64.6 cm³/mol. The van der Waals surface area contributed by atoms with Crippen molar-refractivity contribution in [3.05, 3.63) is 53.9 Å². The number of benzene rings is 1. The Bertz CT molecular complexity index is 483. The van der Waals surface area contributed by atoms with Crippen LogP contribution in [0.4, 0.5) is 0 Å². The van der Waals surface area contributed by atoms with Gasteiger partial charge in [-0.2, -0.15) is 0 Å². The topological polar surface area (TPSA) is 68.4 Å². The second-order valence-electron chi connectivity index (χ2n) is 3.56. The van der Waals surface area contributed by atoms with Gasteiger partial charge in [0.25, 0.3) is 0 Å². The Hall–Kier alpha value is -1.91. The summed E-state index contributed by atoms with van der Waals surface area (Å²) in [7, 11) is 0. The fraction of sp³-hybridized carbons (Fsp3) is 0.154. The lowest BCUT2D eigenvalue weighted by atomic mass is 10.2. The van der Waals surface area contributed by atoms with E-state index < -0.39 is 0 Å². The summed E-state index contributed by atoms with van der Waals surface area (Å²) in [6, 6.07) is 11.0. The van der Waals surface area contributed by atoms with Crippen molar-refractivity contribution in [2.24, 2.45) is 5.73 Å². The van der Waals surface area contributed by atoms with Crippen LogP contribution in [0.25, 0.3) is 0 Å². The molecule has 0 amide bonds. The van der Waals surface area contributed by atoms with E-state index in [1.165, 1.54) is 0 Å². The maximum absolute atomic E-state index is 9.17. The highest BCUT2D eigenvalue weighted by atomic mass is 16.5. The zero-order valence-corrected chi connectivity index (χ0v) is 9.34. The van der Waals surface area contributed by atoms with Gasteiger partial charge in [0.2, 0.25) is 0 Å². The average molecular weight is 230 g/mol. The van der Waals surface area contributed by atoms with Crippen molar-refractivity contribution >= 4 is 0 Å². The number of para-hydroxylation sites is 1. The molecule has 0 bridgehead atoms. The smallest absolute Gasteiger partial charge is 0.145 e. The van der Waals surface area contributed by atoms with E-state index in [4.69, 9.17) is 15.6 Å². The molecule has 1 heterocycles. The average Bonchev–Trinajstić information content (AvgIpc) is 2.40. The number of nitrogens with zero attached hydrogens (tertiary/aromatic N) is 1. The van der Waals surface area contributed by atoms with Crippen LogP contribution in [0.1, 0.15) is 11.3 Å². The Balaban J connectivity index is 2.19. The minimum Gasteiger partial charge on any atom is -0.455 e. The van der Waals surface area contributed by atoms with Crippen LogP contribution in [0, 0.1) is 0 Å².